The number of guanidine groups is 1. The van der Waals surface area contributed by atoms with Crippen molar-refractivity contribution in [2.75, 3.05) is 32.4 Å². The zero-order chi connectivity index (χ0) is 20.0. The van der Waals surface area contributed by atoms with Gasteiger partial charge in [0.15, 0.2) is 5.96 Å². The maximum atomic E-state index is 12.0. The maximum Gasteiger partial charge on any atom is 0.213 e. The first-order valence-corrected chi connectivity index (χ1v) is 13.0. The zero-order valence-electron chi connectivity index (χ0n) is 17.1. The molecule has 0 bridgehead atoms. The molecule has 1 aliphatic carbocycles. The van der Waals surface area contributed by atoms with Crippen LogP contribution in [0.15, 0.2) is 22.5 Å². The van der Waals surface area contributed by atoms with E-state index in [4.69, 9.17) is 0 Å². The minimum Gasteiger partial charge on any atom is -0.355 e. The summed E-state index contributed by atoms with van der Waals surface area (Å²) in [6.45, 7) is 3.78. The molecule has 1 saturated heterocycles. The fourth-order valence-corrected chi connectivity index (χ4v) is 6.54. The molecule has 1 aromatic rings. The third kappa shape index (κ3) is 5.07. The number of thiophene rings is 1. The maximum absolute atomic E-state index is 12.0. The van der Waals surface area contributed by atoms with Crippen LogP contribution in [-0.2, 0) is 15.4 Å². The van der Waals surface area contributed by atoms with Crippen LogP contribution in [0, 0.1) is 0 Å². The van der Waals surface area contributed by atoms with Gasteiger partial charge in [-0.3, -0.25) is 4.99 Å². The Morgan fingerprint density at radius 2 is 2.00 bits per heavy atom. The molecule has 28 heavy (non-hydrogen) atoms. The van der Waals surface area contributed by atoms with E-state index in [0.29, 0.717) is 13.1 Å². The lowest BCUT2D eigenvalue weighted by atomic mass is 9.73. The van der Waals surface area contributed by atoms with Crippen molar-refractivity contribution >= 4 is 27.3 Å². The molecule has 0 unspecified atom stereocenters. The van der Waals surface area contributed by atoms with Gasteiger partial charge < -0.3 is 10.6 Å². The van der Waals surface area contributed by atoms with Gasteiger partial charge in [-0.2, -0.15) is 0 Å². The van der Waals surface area contributed by atoms with Gasteiger partial charge in [-0.15, -0.1) is 11.3 Å². The number of nitrogens with one attached hydrogen (secondary N) is 2. The Hall–Kier alpha value is -1.12. The van der Waals surface area contributed by atoms with Crippen molar-refractivity contribution < 1.29 is 8.42 Å². The van der Waals surface area contributed by atoms with Crippen LogP contribution in [-0.4, -0.2) is 57.2 Å². The quantitative estimate of drug-likeness (QED) is 0.542. The molecule has 1 aromatic heterocycles. The van der Waals surface area contributed by atoms with Gasteiger partial charge in [0.2, 0.25) is 10.0 Å². The van der Waals surface area contributed by atoms with E-state index in [0.717, 1.165) is 25.3 Å². The third-order valence-corrected chi connectivity index (χ3v) is 9.22. The molecule has 8 heteroatoms. The highest BCUT2D eigenvalue weighted by atomic mass is 32.2. The average molecular weight is 427 g/mol. The molecule has 0 atom stereocenters. The minimum absolute atomic E-state index is 0.180. The molecule has 6 nitrogen and oxygen atoms in total. The van der Waals surface area contributed by atoms with Crippen molar-refractivity contribution in [3.05, 3.63) is 22.4 Å². The summed E-state index contributed by atoms with van der Waals surface area (Å²) in [5, 5.41) is 9.28. The van der Waals surface area contributed by atoms with E-state index in [-0.39, 0.29) is 17.2 Å². The van der Waals surface area contributed by atoms with E-state index >= 15 is 0 Å². The molecule has 2 N–H and O–H groups in total. The number of hydrogen-bond donors (Lipinski definition) is 2. The number of sulfonamides is 1. The first-order valence-electron chi connectivity index (χ1n) is 10.5. The Labute approximate surface area is 173 Å². The Morgan fingerprint density at radius 1 is 1.29 bits per heavy atom. The molecule has 2 aliphatic rings. The topological polar surface area (TPSA) is 73.8 Å². The van der Waals surface area contributed by atoms with Gasteiger partial charge in [-0.05, 0) is 44.1 Å². The lowest BCUT2D eigenvalue weighted by Crippen LogP contribution is -2.52. The van der Waals surface area contributed by atoms with Crippen molar-refractivity contribution in [2.24, 2.45) is 4.99 Å². The molecule has 158 valence electrons. The van der Waals surface area contributed by atoms with E-state index in [1.54, 1.807) is 11.2 Å². The lowest BCUT2D eigenvalue weighted by molar-refractivity contribution is 0.291. The van der Waals surface area contributed by atoms with E-state index < -0.39 is 10.0 Å². The normalized spacial score (nSPS) is 22.1. The zero-order valence-corrected chi connectivity index (χ0v) is 18.7. The molecule has 0 spiro atoms. The summed E-state index contributed by atoms with van der Waals surface area (Å²) < 4.78 is 25.7. The Bertz CT molecular complexity index is 732. The molecule has 0 radical (unpaired) electrons. The van der Waals surface area contributed by atoms with Crippen LogP contribution in [0.2, 0.25) is 0 Å². The highest BCUT2D eigenvalue weighted by Crippen LogP contribution is 2.41. The second kappa shape index (κ2) is 9.59. The monoisotopic (exact) mass is 426 g/mol. The van der Waals surface area contributed by atoms with E-state index in [2.05, 4.69) is 33.1 Å². The summed E-state index contributed by atoms with van der Waals surface area (Å²) in [4.78, 5) is 5.91. The average Bonchev–Trinajstić information content (AvgIpc) is 3.28. The Kier molecular flexibility index (Phi) is 7.39. The number of piperidine rings is 1. The fourth-order valence-electron chi connectivity index (χ4n) is 4.42. The third-order valence-electron chi connectivity index (χ3n) is 6.23. The molecule has 1 saturated carbocycles. The second-order valence-corrected chi connectivity index (χ2v) is 11.2. The van der Waals surface area contributed by atoms with Crippen LogP contribution in [0.3, 0.4) is 0 Å². The van der Waals surface area contributed by atoms with Crippen molar-refractivity contribution in [2.45, 2.75) is 63.3 Å². The second-order valence-electron chi connectivity index (χ2n) is 7.96. The summed E-state index contributed by atoms with van der Waals surface area (Å²) in [7, 11) is -1.27. The number of nitrogens with zero attached hydrogens (tertiary/aromatic N) is 2. The van der Waals surface area contributed by atoms with Gasteiger partial charge in [0, 0.05) is 43.0 Å². The van der Waals surface area contributed by atoms with Crippen molar-refractivity contribution in [1.29, 1.82) is 0 Å². The molecule has 0 amide bonds. The van der Waals surface area contributed by atoms with Gasteiger partial charge in [-0.1, -0.05) is 25.3 Å². The van der Waals surface area contributed by atoms with Gasteiger partial charge in [0.05, 0.1) is 5.75 Å². The van der Waals surface area contributed by atoms with Crippen molar-refractivity contribution in [3.63, 3.8) is 0 Å². The van der Waals surface area contributed by atoms with Crippen LogP contribution in [0.4, 0.5) is 0 Å². The van der Waals surface area contributed by atoms with Crippen LogP contribution in [0.1, 0.15) is 56.7 Å². The first kappa shape index (κ1) is 21.6. The molecular formula is C20H34N4O2S2. The molecular weight excluding hydrogens is 392 g/mol. The molecule has 0 aromatic carbocycles. The van der Waals surface area contributed by atoms with Gasteiger partial charge in [0.1, 0.15) is 0 Å². The highest BCUT2D eigenvalue weighted by Gasteiger charge is 2.35. The number of rotatable bonds is 6. The predicted octanol–water partition coefficient (Wildman–Crippen LogP) is 2.93. The number of hydrogen-bond acceptors (Lipinski definition) is 4. The lowest BCUT2D eigenvalue weighted by Gasteiger charge is -2.38. The SMILES string of the molecule is CCS(=O)(=O)N1CCC(NC(=NC)NCC2(c3cccs3)CCCCC2)CC1. The van der Waals surface area contributed by atoms with Crippen LogP contribution in [0.25, 0.3) is 0 Å². The van der Waals surface area contributed by atoms with Crippen LogP contribution < -0.4 is 10.6 Å². The van der Waals surface area contributed by atoms with Crippen LogP contribution >= 0.6 is 11.3 Å². The molecule has 3 rings (SSSR count). The summed E-state index contributed by atoms with van der Waals surface area (Å²) >= 11 is 1.87. The van der Waals surface area contributed by atoms with Gasteiger partial charge in [-0.25, -0.2) is 12.7 Å². The fraction of sp³-hybridized carbons (Fsp3) is 0.750. The van der Waals surface area contributed by atoms with Crippen molar-refractivity contribution in [1.82, 2.24) is 14.9 Å². The smallest absolute Gasteiger partial charge is 0.213 e. The summed E-state index contributed by atoms with van der Waals surface area (Å²) in [5.41, 5.74) is 0.211. The Morgan fingerprint density at radius 3 is 2.57 bits per heavy atom. The summed E-state index contributed by atoms with van der Waals surface area (Å²) in [6.07, 6.45) is 7.99. The summed E-state index contributed by atoms with van der Waals surface area (Å²) in [5.74, 6) is 1.01. The first-order chi connectivity index (χ1) is 13.5. The Balaban J connectivity index is 1.55. The molecule has 1 aliphatic heterocycles. The standard InChI is InChI=1S/C20H34N4O2S2/c1-3-28(25,26)24-13-9-17(10-14-24)23-19(21-2)22-16-20(11-5-4-6-12-20)18-8-7-15-27-18/h7-8,15,17H,3-6,9-14,16H2,1-2H3,(H2,21,22,23). The van der Waals surface area contributed by atoms with E-state index in [9.17, 15) is 8.42 Å². The minimum atomic E-state index is -3.08. The van der Waals surface area contributed by atoms with E-state index in [1.165, 1.54) is 37.0 Å². The number of aliphatic imine (C=N–C) groups is 1. The van der Waals surface area contributed by atoms with E-state index in [1.807, 2.05) is 18.4 Å². The molecule has 2 heterocycles. The largest absolute Gasteiger partial charge is 0.355 e. The summed E-state index contributed by atoms with van der Waals surface area (Å²) in [6, 6.07) is 4.69. The predicted molar refractivity (Wildman–Crippen MR) is 118 cm³/mol. The van der Waals surface area contributed by atoms with Gasteiger partial charge >= 0.3 is 0 Å². The van der Waals surface area contributed by atoms with Crippen LogP contribution in [0.5, 0.6) is 0 Å². The van der Waals surface area contributed by atoms with Gasteiger partial charge in [0.25, 0.3) is 0 Å². The van der Waals surface area contributed by atoms with Crippen molar-refractivity contribution in [3.8, 4) is 0 Å². The highest BCUT2D eigenvalue weighted by molar-refractivity contribution is 7.89. The molecule has 2 fully saturated rings.